The maximum Gasteiger partial charge on any atom is 0.264 e. The van der Waals surface area contributed by atoms with E-state index in [4.69, 9.17) is 11.6 Å². The molecule has 0 bridgehead atoms. The maximum atomic E-state index is 14.5. The van der Waals surface area contributed by atoms with Crippen molar-refractivity contribution in [3.05, 3.63) is 130 Å². The molecular formula is C36H40ClN3O4S. The summed E-state index contributed by atoms with van der Waals surface area (Å²) in [5.41, 5.74) is 3.42. The summed E-state index contributed by atoms with van der Waals surface area (Å²) in [6.07, 6.45) is 0.245. The highest BCUT2D eigenvalue weighted by molar-refractivity contribution is 7.92. The highest BCUT2D eigenvalue weighted by Crippen LogP contribution is 2.26. The van der Waals surface area contributed by atoms with Crippen molar-refractivity contribution in [1.82, 2.24) is 10.2 Å². The SMILES string of the molecule is Cc1ccc(N(CC(=O)N(Cc2cccc(C)c2)[C@@H](Cc2ccccc2)C(=O)NC(C)(C)C)S(=O)(=O)c2ccc(Cl)cc2)cc1. The van der Waals surface area contributed by atoms with Crippen molar-refractivity contribution >= 4 is 39.1 Å². The smallest absolute Gasteiger partial charge is 0.264 e. The second-order valence-corrected chi connectivity index (χ2v) is 14.6. The minimum atomic E-state index is -4.20. The first-order valence-corrected chi connectivity index (χ1v) is 16.6. The average molecular weight is 646 g/mol. The lowest BCUT2D eigenvalue weighted by Crippen LogP contribution is -2.56. The molecule has 4 aromatic carbocycles. The number of halogens is 1. The highest BCUT2D eigenvalue weighted by atomic mass is 35.5. The van der Waals surface area contributed by atoms with E-state index in [0.717, 1.165) is 26.6 Å². The zero-order valence-electron chi connectivity index (χ0n) is 26.3. The lowest BCUT2D eigenvalue weighted by atomic mass is 10.0. The second-order valence-electron chi connectivity index (χ2n) is 12.3. The fourth-order valence-corrected chi connectivity index (χ4v) is 6.53. The Morgan fingerprint density at radius 3 is 2.02 bits per heavy atom. The molecule has 4 aromatic rings. The average Bonchev–Trinajstić information content (AvgIpc) is 2.98. The van der Waals surface area contributed by atoms with Gasteiger partial charge in [-0.15, -0.1) is 0 Å². The van der Waals surface area contributed by atoms with E-state index < -0.39 is 34.1 Å². The van der Waals surface area contributed by atoms with Crippen molar-refractivity contribution in [3.8, 4) is 0 Å². The molecule has 0 unspecified atom stereocenters. The number of rotatable bonds is 11. The summed E-state index contributed by atoms with van der Waals surface area (Å²) in [5.74, 6) is -0.839. The normalized spacial score (nSPS) is 12.3. The van der Waals surface area contributed by atoms with Gasteiger partial charge < -0.3 is 10.2 Å². The molecular weight excluding hydrogens is 606 g/mol. The minimum absolute atomic E-state index is 0.00294. The maximum absolute atomic E-state index is 14.5. The fourth-order valence-electron chi connectivity index (χ4n) is 4.99. The van der Waals surface area contributed by atoms with Gasteiger partial charge in [-0.3, -0.25) is 13.9 Å². The Balaban J connectivity index is 1.81. The van der Waals surface area contributed by atoms with Gasteiger partial charge in [-0.05, 0) is 82.1 Å². The number of carbonyl (C=O) groups is 2. The van der Waals surface area contributed by atoms with Crippen LogP contribution in [-0.4, -0.2) is 43.3 Å². The number of hydrogen-bond acceptors (Lipinski definition) is 4. The van der Waals surface area contributed by atoms with E-state index in [1.54, 1.807) is 24.3 Å². The quantitative estimate of drug-likeness (QED) is 0.197. The van der Waals surface area contributed by atoms with Crippen molar-refractivity contribution < 1.29 is 18.0 Å². The van der Waals surface area contributed by atoms with Crippen LogP contribution < -0.4 is 9.62 Å². The van der Waals surface area contributed by atoms with Crippen molar-refractivity contribution in [2.75, 3.05) is 10.8 Å². The monoisotopic (exact) mass is 645 g/mol. The Morgan fingerprint density at radius 1 is 0.800 bits per heavy atom. The molecule has 0 aliphatic heterocycles. The fraction of sp³-hybridized carbons (Fsp3) is 0.278. The Morgan fingerprint density at radius 2 is 1.42 bits per heavy atom. The Kier molecular flexibility index (Phi) is 10.7. The molecule has 0 aliphatic rings. The summed E-state index contributed by atoms with van der Waals surface area (Å²) >= 11 is 6.06. The van der Waals surface area contributed by atoms with Crippen molar-refractivity contribution in [2.24, 2.45) is 0 Å². The number of amides is 2. The first-order valence-electron chi connectivity index (χ1n) is 14.8. The standard InChI is InChI=1S/C36H40ClN3O4S/c1-26-14-18-31(19-15-26)40(45(43,44)32-20-16-30(37)17-21-32)25-34(41)39(24-29-13-9-10-27(2)22-29)33(35(42)38-36(3,4)5)23-28-11-7-6-8-12-28/h6-22,33H,23-25H2,1-5H3,(H,38,42)/t33-/m0/s1. The molecule has 1 atom stereocenters. The Labute approximate surface area is 271 Å². The number of hydrogen-bond donors (Lipinski definition) is 1. The van der Waals surface area contributed by atoms with Crippen molar-refractivity contribution in [2.45, 2.75) is 64.1 Å². The molecule has 7 nitrogen and oxygen atoms in total. The minimum Gasteiger partial charge on any atom is -0.350 e. The molecule has 0 aliphatic carbocycles. The molecule has 2 amide bonds. The number of nitrogens with zero attached hydrogens (tertiary/aromatic N) is 2. The van der Waals surface area contributed by atoms with Crippen molar-refractivity contribution in [1.29, 1.82) is 0 Å². The largest absolute Gasteiger partial charge is 0.350 e. The number of anilines is 1. The summed E-state index contributed by atoms with van der Waals surface area (Å²) in [6, 6.07) is 29.1. The molecule has 0 saturated carbocycles. The third-order valence-corrected chi connectivity index (χ3v) is 9.25. The van der Waals surface area contributed by atoms with Crippen LogP contribution >= 0.6 is 11.6 Å². The van der Waals surface area contributed by atoms with Crippen LogP contribution in [0.3, 0.4) is 0 Å². The lowest BCUT2D eigenvalue weighted by molar-refractivity contribution is -0.140. The summed E-state index contributed by atoms with van der Waals surface area (Å²) < 4.78 is 29.3. The number of benzene rings is 4. The Hall–Kier alpha value is -4.14. The predicted molar refractivity (Wildman–Crippen MR) is 181 cm³/mol. The summed E-state index contributed by atoms with van der Waals surface area (Å²) in [7, 11) is -4.20. The molecule has 236 valence electrons. The van der Waals surface area contributed by atoms with Crippen LogP contribution in [0.1, 0.15) is 43.0 Å². The van der Waals surface area contributed by atoms with Gasteiger partial charge in [0.2, 0.25) is 11.8 Å². The van der Waals surface area contributed by atoms with Gasteiger partial charge in [0, 0.05) is 23.5 Å². The van der Waals surface area contributed by atoms with Gasteiger partial charge in [0.05, 0.1) is 10.6 Å². The highest BCUT2D eigenvalue weighted by Gasteiger charge is 2.35. The summed E-state index contributed by atoms with van der Waals surface area (Å²) in [4.78, 5) is 30.0. The van der Waals surface area contributed by atoms with Gasteiger partial charge in [-0.25, -0.2) is 8.42 Å². The molecule has 0 aromatic heterocycles. The summed E-state index contributed by atoms with van der Waals surface area (Å²) in [5, 5.41) is 3.44. The van der Waals surface area contributed by atoms with E-state index in [9.17, 15) is 18.0 Å². The number of nitrogens with one attached hydrogen (secondary N) is 1. The number of sulfonamides is 1. The molecule has 0 saturated heterocycles. The van der Waals surface area contributed by atoms with E-state index in [0.29, 0.717) is 10.7 Å². The molecule has 0 spiro atoms. The molecule has 1 N–H and O–H groups in total. The summed E-state index contributed by atoms with van der Waals surface area (Å²) in [6.45, 7) is 9.10. The molecule has 45 heavy (non-hydrogen) atoms. The molecule has 0 heterocycles. The van der Waals surface area contributed by atoms with E-state index in [1.807, 2.05) is 89.2 Å². The topological polar surface area (TPSA) is 86.8 Å². The zero-order chi connectivity index (χ0) is 32.8. The van der Waals surface area contributed by atoms with Crippen LogP contribution in [-0.2, 0) is 32.6 Å². The van der Waals surface area contributed by atoms with Crippen LogP contribution in [0.25, 0.3) is 0 Å². The second kappa shape index (κ2) is 14.3. The molecule has 4 rings (SSSR count). The van der Waals surface area contributed by atoms with E-state index >= 15 is 0 Å². The van der Waals surface area contributed by atoms with E-state index in [2.05, 4.69) is 5.32 Å². The van der Waals surface area contributed by atoms with Gasteiger partial charge >= 0.3 is 0 Å². The van der Waals surface area contributed by atoms with Gasteiger partial charge in [0.15, 0.2) is 0 Å². The van der Waals surface area contributed by atoms with Crippen LogP contribution in [0.5, 0.6) is 0 Å². The first kappa shape index (κ1) is 33.7. The molecule has 9 heteroatoms. The lowest BCUT2D eigenvalue weighted by Gasteiger charge is -2.35. The van der Waals surface area contributed by atoms with Gasteiger partial charge in [-0.1, -0.05) is 89.5 Å². The third-order valence-electron chi connectivity index (χ3n) is 7.21. The first-order chi connectivity index (χ1) is 21.2. The van der Waals surface area contributed by atoms with Crippen LogP contribution in [0.15, 0.2) is 108 Å². The van der Waals surface area contributed by atoms with Crippen LogP contribution in [0.4, 0.5) is 5.69 Å². The Bertz CT molecular complexity index is 1720. The molecule has 0 fully saturated rings. The predicted octanol–water partition coefficient (Wildman–Crippen LogP) is 6.71. The van der Waals surface area contributed by atoms with Crippen LogP contribution in [0.2, 0.25) is 5.02 Å². The van der Waals surface area contributed by atoms with Gasteiger partial charge in [0.1, 0.15) is 12.6 Å². The van der Waals surface area contributed by atoms with Crippen LogP contribution in [0, 0.1) is 13.8 Å². The molecule has 0 radical (unpaired) electrons. The third kappa shape index (κ3) is 9.19. The van der Waals surface area contributed by atoms with Gasteiger partial charge in [-0.2, -0.15) is 0 Å². The van der Waals surface area contributed by atoms with Crippen molar-refractivity contribution in [3.63, 3.8) is 0 Å². The van der Waals surface area contributed by atoms with E-state index in [1.165, 1.54) is 29.2 Å². The zero-order valence-corrected chi connectivity index (χ0v) is 27.9. The van der Waals surface area contributed by atoms with E-state index in [-0.39, 0.29) is 23.8 Å². The number of aryl methyl sites for hydroxylation is 2. The van der Waals surface area contributed by atoms with Gasteiger partial charge in [0.25, 0.3) is 10.0 Å². The number of carbonyl (C=O) groups excluding carboxylic acids is 2.